The van der Waals surface area contributed by atoms with Gasteiger partial charge < -0.3 is 15.0 Å². The van der Waals surface area contributed by atoms with E-state index in [2.05, 4.69) is 35.1 Å². The fourth-order valence-corrected chi connectivity index (χ4v) is 3.61. The zero-order chi connectivity index (χ0) is 22.1. The molecular formula is C22H28BrN3O4. The van der Waals surface area contributed by atoms with Crippen LogP contribution in [0.15, 0.2) is 53.0 Å². The van der Waals surface area contributed by atoms with Crippen molar-refractivity contribution in [3.63, 3.8) is 0 Å². The quantitative estimate of drug-likeness (QED) is 0.379. The molecule has 7 nitrogen and oxygen atoms in total. The molecule has 2 aromatic carbocycles. The van der Waals surface area contributed by atoms with Crippen molar-refractivity contribution in [2.75, 3.05) is 25.2 Å². The molecule has 8 heteroatoms. The Morgan fingerprint density at radius 1 is 1.20 bits per heavy atom. The van der Waals surface area contributed by atoms with Gasteiger partial charge in [-0.3, -0.25) is 14.9 Å². The van der Waals surface area contributed by atoms with Crippen molar-refractivity contribution in [2.24, 2.45) is 5.92 Å². The van der Waals surface area contributed by atoms with Crippen molar-refractivity contribution in [3.05, 3.63) is 68.7 Å². The molecule has 0 heterocycles. The Morgan fingerprint density at radius 2 is 1.87 bits per heavy atom. The number of hydrogen-bond donors (Lipinski definition) is 1. The summed E-state index contributed by atoms with van der Waals surface area (Å²) in [5, 5.41) is 14.0. The first-order valence-corrected chi connectivity index (χ1v) is 10.6. The number of ether oxygens (including phenoxy) is 1. The molecule has 30 heavy (non-hydrogen) atoms. The number of carbonyl (C=O) groups is 1. The standard InChI is InChI=1S/C22H28BrN3O4/c1-16(2)14-21(22(27)24-15-17-6-4-5-7-20(17)23)25(12-13-30-3)18-8-10-19(11-9-18)26(28)29/h4-11,16,21H,12-15H2,1-3H3,(H,24,27). The van der Waals surface area contributed by atoms with Crippen LogP contribution in [0.5, 0.6) is 0 Å². The van der Waals surface area contributed by atoms with Gasteiger partial charge in [-0.25, -0.2) is 0 Å². The maximum absolute atomic E-state index is 13.2. The minimum atomic E-state index is -0.431. The molecule has 0 saturated heterocycles. The monoisotopic (exact) mass is 477 g/mol. The number of non-ortho nitro benzene ring substituents is 1. The third-order valence-corrected chi connectivity index (χ3v) is 5.49. The van der Waals surface area contributed by atoms with Gasteiger partial charge in [0.2, 0.25) is 5.91 Å². The summed E-state index contributed by atoms with van der Waals surface area (Å²) in [6.45, 7) is 5.47. The van der Waals surface area contributed by atoms with Gasteiger partial charge in [-0.15, -0.1) is 0 Å². The van der Waals surface area contributed by atoms with E-state index in [1.165, 1.54) is 12.1 Å². The van der Waals surface area contributed by atoms with Crippen LogP contribution in [0.25, 0.3) is 0 Å². The second-order valence-electron chi connectivity index (χ2n) is 7.41. The second-order valence-corrected chi connectivity index (χ2v) is 8.27. The molecule has 2 aromatic rings. The van der Waals surface area contributed by atoms with E-state index in [-0.39, 0.29) is 17.5 Å². The third-order valence-electron chi connectivity index (χ3n) is 4.71. The van der Waals surface area contributed by atoms with Crippen LogP contribution in [0.2, 0.25) is 0 Å². The number of carbonyl (C=O) groups excluding carboxylic acids is 1. The molecule has 1 amide bonds. The molecule has 0 saturated carbocycles. The van der Waals surface area contributed by atoms with Crippen LogP contribution in [-0.4, -0.2) is 37.1 Å². The predicted molar refractivity (Wildman–Crippen MR) is 122 cm³/mol. The van der Waals surface area contributed by atoms with E-state index in [9.17, 15) is 14.9 Å². The lowest BCUT2D eigenvalue weighted by Gasteiger charge is -2.33. The molecule has 0 aliphatic carbocycles. The van der Waals surface area contributed by atoms with Crippen LogP contribution >= 0.6 is 15.9 Å². The van der Waals surface area contributed by atoms with Crippen LogP contribution in [0.4, 0.5) is 11.4 Å². The van der Waals surface area contributed by atoms with Crippen molar-refractivity contribution >= 4 is 33.2 Å². The molecule has 0 fully saturated rings. The summed E-state index contributed by atoms with van der Waals surface area (Å²) in [6.07, 6.45) is 0.641. The Kier molecular flexibility index (Phi) is 9.26. The number of nitrogens with zero attached hydrogens (tertiary/aromatic N) is 2. The molecule has 2 rings (SSSR count). The molecule has 0 aromatic heterocycles. The topological polar surface area (TPSA) is 84.7 Å². The molecule has 0 bridgehead atoms. The molecule has 1 unspecified atom stereocenters. The maximum atomic E-state index is 13.2. The zero-order valence-corrected chi connectivity index (χ0v) is 19.1. The predicted octanol–water partition coefficient (Wildman–Crippen LogP) is 4.54. The number of amides is 1. The number of hydrogen-bond acceptors (Lipinski definition) is 5. The van der Waals surface area contributed by atoms with E-state index in [1.807, 2.05) is 29.2 Å². The number of anilines is 1. The number of nitro benzene ring substituents is 1. The third kappa shape index (κ3) is 6.81. The second kappa shape index (κ2) is 11.7. The highest BCUT2D eigenvalue weighted by Gasteiger charge is 2.27. The van der Waals surface area contributed by atoms with Gasteiger partial charge in [-0.2, -0.15) is 0 Å². The highest BCUT2D eigenvalue weighted by molar-refractivity contribution is 9.10. The Bertz CT molecular complexity index is 843. The Labute approximate surface area is 185 Å². The molecule has 1 atom stereocenters. The van der Waals surface area contributed by atoms with Crippen LogP contribution in [0, 0.1) is 16.0 Å². The number of nitrogens with one attached hydrogen (secondary N) is 1. The minimum absolute atomic E-state index is 0.0178. The summed E-state index contributed by atoms with van der Waals surface area (Å²) < 4.78 is 6.19. The first-order chi connectivity index (χ1) is 14.3. The maximum Gasteiger partial charge on any atom is 0.269 e. The zero-order valence-electron chi connectivity index (χ0n) is 17.5. The Morgan fingerprint density at radius 3 is 2.43 bits per heavy atom. The number of nitro groups is 1. The number of benzene rings is 2. The SMILES string of the molecule is COCCN(c1ccc([N+](=O)[O-])cc1)C(CC(C)C)C(=O)NCc1ccccc1Br. The van der Waals surface area contributed by atoms with Crippen LogP contribution in [0.3, 0.4) is 0 Å². The summed E-state index contributed by atoms with van der Waals surface area (Å²) >= 11 is 3.51. The van der Waals surface area contributed by atoms with E-state index in [0.29, 0.717) is 26.1 Å². The fourth-order valence-electron chi connectivity index (χ4n) is 3.18. The number of methoxy groups -OCH3 is 1. The largest absolute Gasteiger partial charge is 0.383 e. The van der Waals surface area contributed by atoms with Gasteiger partial charge in [0.25, 0.3) is 5.69 Å². The van der Waals surface area contributed by atoms with E-state index in [1.54, 1.807) is 19.2 Å². The molecule has 0 aliphatic heterocycles. The number of rotatable bonds is 11. The summed E-state index contributed by atoms with van der Waals surface area (Å²) in [4.78, 5) is 25.7. The highest BCUT2D eigenvalue weighted by Crippen LogP contribution is 2.24. The average Bonchev–Trinajstić information content (AvgIpc) is 2.72. The van der Waals surface area contributed by atoms with Gasteiger partial charge in [0.05, 0.1) is 11.5 Å². The van der Waals surface area contributed by atoms with Gasteiger partial charge in [-0.05, 0) is 36.1 Å². The molecule has 1 N–H and O–H groups in total. The Balaban J connectivity index is 2.26. The smallest absolute Gasteiger partial charge is 0.269 e. The summed E-state index contributed by atoms with van der Waals surface area (Å²) in [7, 11) is 1.61. The lowest BCUT2D eigenvalue weighted by Crippen LogP contribution is -2.49. The van der Waals surface area contributed by atoms with Gasteiger partial charge in [0, 0.05) is 42.5 Å². The minimum Gasteiger partial charge on any atom is -0.383 e. The lowest BCUT2D eigenvalue weighted by atomic mass is 10.0. The molecule has 162 valence electrons. The van der Waals surface area contributed by atoms with Gasteiger partial charge in [0.1, 0.15) is 6.04 Å². The van der Waals surface area contributed by atoms with E-state index in [0.717, 1.165) is 15.7 Å². The summed E-state index contributed by atoms with van der Waals surface area (Å²) in [6, 6.07) is 13.6. The highest BCUT2D eigenvalue weighted by atomic mass is 79.9. The van der Waals surface area contributed by atoms with Crippen molar-refractivity contribution in [3.8, 4) is 0 Å². The molecular weight excluding hydrogens is 450 g/mol. The van der Waals surface area contributed by atoms with Gasteiger partial charge in [-0.1, -0.05) is 48.0 Å². The fraction of sp³-hybridized carbons (Fsp3) is 0.409. The van der Waals surface area contributed by atoms with Crippen molar-refractivity contribution in [2.45, 2.75) is 32.9 Å². The molecule has 0 aliphatic rings. The summed E-state index contributed by atoms with van der Waals surface area (Å²) in [5.74, 6) is 0.196. The van der Waals surface area contributed by atoms with Crippen LogP contribution < -0.4 is 10.2 Å². The lowest BCUT2D eigenvalue weighted by molar-refractivity contribution is -0.384. The first kappa shape index (κ1) is 23.8. The molecule has 0 spiro atoms. The average molecular weight is 478 g/mol. The number of halogens is 1. The molecule has 0 radical (unpaired) electrons. The van der Waals surface area contributed by atoms with Crippen LogP contribution in [0.1, 0.15) is 25.8 Å². The van der Waals surface area contributed by atoms with Gasteiger partial charge in [0.15, 0.2) is 0 Å². The van der Waals surface area contributed by atoms with E-state index >= 15 is 0 Å². The first-order valence-electron chi connectivity index (χ1n) is 9.84. The van der Waals surface area contributed by atoms with Crippen LogP contribution in [-0.2, 0) is 16.1 Å². The van der Waals surface area contributed by atoms with Gasteiger partial charge >= 0.3 is 0 Å². The normalized spacial score (nSPS) is 11.9. The van der Waals surface area contributed by atoms with E-state index in [4.69, 9.17) is 4.74 Å². The van der Waals surface area contributed by atoms with Crippen molar-refractivity contribution < 1.29 is 14.5 Å². The van der Waals surface area contributed by atoms with E-state index < -0.39 is 11.0 Å². The van der Waals surface area contributed by atoms with Crippen molar-refractivity contribution in [1.29, 1.82) is 0 Å². The summed E-state index contributed by atoms with van der Waals surface area (Å²) in [5.41, 5.74) is 1.76. The van der Waals surface area contributed by atoms with Crippen molar-refractivity contribution in [1.82, 2.24) is 5.32 Å². The Hall–Kier alpha value is -2.45.